The number of aryl methyl sites for hydroxylation is 1. The summed E-state index contributed by atoms with van der Waals surface area (Å²) in [5.41, 5.74) is 2.27. The molecule has 2 heterocycles. The molecule has 2 aromatic carbocycles. The molecule has 4 aromatic rings. The van der Waals surface area contributed by atoms with Crippen molar-refractivity contribution in [1.29, 1.82) is 0 Å². The highest BCUT2D eigenvalue weighted by atomic mass is 16.6. The third-order valence-electron chi connectivity index (χ3n) is 4.50. The molecule has 2 aromatic heterocycles. The Hall–Kier alpha value is -3.74. The minimum atomic E-state index is -0.434. The molecule has 0 saturated heterocycles. The van der Waals surface area contributed by atoms with Gasteiger partial charge in [-0.25, -0.2) is 9.36 Å². The largest absolute Gasteiger partial charge is 0.440 e. The Morgan fingerprint density at radius 2 is 1.86 bits per heavy atom. The molecular formula is C22H24N3O4+. The van der Waals surface area contributed by atoms with Crippen LogP contribution in [0.25, 0.3) is 21.8 Å². The number of benzene rings is 2. The minimum absolute atomic E-state index is 0. The maximum Gasteiger partial charge on any atom is 0.345 e. The van der Waals surface area contributed by atoms with E-state index in [-0.39, 0.29) is 27.3 Å². The minimum Gasteiger partial charge on any atom is -0.440 e. The smallest absolute Gasteiger partial charge is 0.345 e. The Bertz CT molecular complexity index is 1200. The Labute approximate surface area is 168 Å². The van der Waals surface area contributed by atoms with Crippen molar-refractivity contribution >= 4 is 33.5 Å². The van der Waals surface area contributed by atoms with E-state index in [1.807, 2.05) is 35.9 Å². The topological polar surface area (TPSA) is 78.2 Å². The molecule has 0 aliphatic rings. The number of nitro groups is 1. The van der Waals surface area contributed by atoms with Crippen LogP contribution < -0.4 is 4.57 Å². The number of ether oxygens (including phenoxy) is 1. The molecule has 4 rings (SSSR count). The summed E-state index contributed by atoms with van der Waals surface area (Å²) in [6.07, 6.45) is 3.48. The summed E-state index contributed by atoms with van der Waals surface area (Å²) in [5, 5.41) is 12.5. The van der Waals surface area contributed by atoms with Gasteiger partial charge in [-0.05, 0) is 24.3 Å². The van der Waals surface area contributed by atoms with E-state index in [9.17, 15) is 14.9 Å². The van der Waals surface area contributed by atoms with Crippen molar-refractivity contribution in [1.82, 2.24) is 4.57 Å². The fourth-order valence-electron chi connectivity index (χ4n) is 3.15. The molecule has 0 fully saturated rings. The fraction of sp³-hybridized carbons (Fsp3) is 0.182. The van der Waals surface area contributed by atoms with Gasteiger partial charge in [-0.15, -0.1) is 0 Å². The first kappa shape index (κ1) is 21.6. The second kappa shape index (κ2) is 8.52. The number of rotatable bonds is 4. The average molecular weight is 394 g/mol. The summed E-state index contributed by atoms with van der Waals surface area (Å²) in [5.74, 6) is -0.430. The molecule has 0 bridgehead atoms. The van der Waals surface area contributed by atoms with E-state index >= 15 is 0 Å². The molecule has 7 nitrogen and oxygen atoms in total. The summed E-state index contributed by atoms with van der Waals surface area (Å²) in [6, 6.07) is 15.9. The zero-order valence-electron chi connectivity index (χ0n) is 14.5. The Kier molecular flexibility index (Phi) is 6.33. The highest BCUT2D eigenvalue weighted by Gasteiger charge is 2.15. The summed E-state index contributed by atoms with van der Waals surface area (Å²) in [6.45, 7) is 0.0245. The van der Waals surface area contributed by atoms with Gasteiger partial charge < -0.3 is 9.30 Å². The Balaban J connectivity index is 0.00000150. The Morgan fingerprint density at radius 1 is 1.10 bits per heavy atom. The predicted octanol–water partition coefficient (Wildman–Crippen LogP) is 4.61. The van der Waals surface area contributed by atoms with Crippen molar-refractivity contribution in [2.75, 3.05) is 0 Å². The van der Waals surface area contributed by atoms with Crippen molar-refractivity contribution in [2.24, 2.45) is 7.05 Å². The fourth-order valence-corrected chi connectivity index (χ4v) is 3.15. The summed E-state index contributed by atoms with van der Waals surface area (Å²) in [7, 11) is 1.88. The molecule has 0 atom stereocenters. The molecule has 0 N–H and O–H groups in total. The quantitative estimate of drug-likeness (QED) is 0.219. The number of fused-ring (bicyclic) bond motifs is 2. The lowest BCUT2D eigenvalue weighted by atomic mass is 10.1. The van der Waals surface area contributed by atoms with Crippen molar-refractivity contribution < 1.29 is 19.0 Å². The van der Waals surface area contributed by atoms with Crippen LogP contribution in [0.1, 0.15) is 25.2 Å². The normalized spacial score (nSPS) is 10.2. The van der Waals surface area contributed by atoms with Gasteiger partial charge in [-0.1, -0.05) is 27.0 Å². The van der Waals surface area contributed by atoms with E-state index in [1.165, 1.54) is 12.1 Å². The van der Waals surface area contributed by atoms with E-state index in [1.54, 1.807) is 35.2 Å². The zero-order valence-corrected chi connectivity index (χ0v) is 14.5. The van der Waals surface area contributed by atoms with Gasteiger partial charge >= 0.3 is 5.97 Å². The Morgan fingerprint density at radius 3 is 2.62 bits per heavy atom. The van der Waals surface area contributed by atoms with Crippen LogP contribution in [0.2, 0.25) is 0 Å². The maximum atomic E-state index is 12.5. The van der Waals surface area contributed by atoms with Crippen molar-refractivity contribution in [3.63, 3.8) is 0 Å². The molecule has 0 spiro atoms. The lowest BCUT2D eigenvalue weighted by molar-refractivity contribution is -0.645. The second-order valence-electron chi connectivity index (χ2n) is 6.25. The van der Waals surface area contributed by atoms with Gasteiger partial charge in [0.1, 0.15) is 12.6 Å². The highest BCUT2D eigenvalue weighted by Crippen LogP contribution is 2.22. The van der Waals surface area contributed by atoms with Crippen molar-refractivity contribution in [3.8, 4) is 0 Å². The maximum absolute atomic E-state index is 12.5. The van der Waals surface area contributed by atoms with Gasteiger partial charge in [-0.2, -0.15) is 0 Å². The number of non-ortho nitro benzene ring substituents is 1. The molecule has 0 saturated carbocycles. The molecule has 0 aliphatic heterocycles. The van der Waals surface area contributed by atoms with E-state index < -0.39 is 10.9 Å². The number of aromatic nitrogens is 2. The van der Waals surface area contributed by atoms with Crippen LogP contribution in [0, 0.1) is 10.1 Å². The third kappa shape index (κ3) is 4.08. The first-order chi connectivity index (χ1) is 13.0. The lowest BCUT2D eigenvalue weighted by Gasteiger charge is -2.07. The number of pyridine rings is 1. The molecule has 0 amide bonds. The third-order valence-corrected chi connectivity index (χ3v) is 4.50. The first-order valence-electron chi connectivity index (χ1n) is 8.32. The average Bonchev–Trinajstić information content (AvgIpc) is 3.08. The number of hydrogen-bond donors (Lipinski definition) is 0. The lowest BCUT2D eigenvalue weighted by Crippen LogP contribution is -2.30. The van der Waals surface area contributed by atoms with E-state index in [0.717, 1.165) is 21.8 Å². The van der Waals surface area contributed by atoms with Gasteiger partial charge in [-0.3, -0.25) is 10.1 Å². The molecular weight excluding hydrogens is 370 g/mol. The highest BCUT2D eigenvalue weighted by molar-refractivity contribution is 5.92. The SMILES string of the molecule is C.C.C[n+]1cc(C(=O)OCn2ccc3cc([N+](=O)[O-])ccc32)cc2ccccc21. The summed E-state index contributed by atoms with van der Waals surface area (Å²) < 4.78 is 9.06. The predicted molar refractivity (Wildman–Crippen MR) is 113 cm³/mol. The van der Waals surface area contributed by atoms with Crippen LogP contribution >= 0.6 is 0 Å². The van der Waals surface area contributed by atoms with E-state index in [0.29, 0.717) is 5.56 Å². The number of para-hydroxylation sites is 1. The van der Waals surface area contributed by atoms with Crippen LogP contribution in [0.15, 0.2) is 67.0 Å². The molecule has 0 aliphatic carbocycles. The van der Waals surface area contributed by atoms with Crippen LogP contribution in [0.3, 0.4) is 0 Å². The number of carbonyl (C=O) groups excluding carboxylic acids is 1. The summed E-state index contributed by atoms with van der Waals surface area (Å²) in [4.78, 5) is 22.9. The number of nitrogens with zero attached hydrogens (tertiary/aromatic N) is 3. The van der Waals surface area contributed by atoms with Gasteiger partial charge in [0.25, 0.3) is 5.69 Å². The molecule has 29 heavy (non-hydrogen) atoms. The molecule has 0 unspecified atom stereocenters. The van der Waals surface area contributed by atoms with Gasteiger partial charge in [0.2, 0.25) is 5.52 Å². The van der Waals surface area contributed by atoms with E-state index in [2.05, 4.69) is 0 Å². The number of nitro benzene ring substituents is 1. The first-order valence-corrected chi connectivity index (χ1v) is 8.32. The van der Waals surface area contributed by atoms with Crippen LogP contribution in [0.4, 0.5) is 5.69 Å². The monoisotopic (exact) mass is 394 g/mol. The van der Waals surface area contributed by atoms with Crippen molar-refractivity contribution in [3.05, 3.63) is 82.7 Å². The second-order valence-corrected chi connectivity index (χ2v) is 6.25. The van der Waals surface area contributed by atoms with Gasteiger partial charge in [0.15, 0.2) is 12.9 Å². The van der Waals surface area contributed by atoms with Gasteiger partial charge in [0, 0.05) is 35.2 Å². The van der Waals surface area contributed by atoms with E-state index in [4.69, 9.17) is 4.74 Å². The molecule has 150 valence electrons. The standard InChI is InChI=1S/C20H16N3O4.2CH4/c1-21-12-16(10-14-4-2-3-5-18(14)21)20(24)27-13-22-9-8-15-11-17(23(25)26)6-7-19(15)22;;/h2-12H,13H2,1H3;2*1H4/q+1;;. The zero-order chi connectivity index (χ0) is 19.0. The number of esters is 1. The van der Waals surface area contributed by atoms with Gasteiger partial charge in [0.05, 0.1) is 10.4 Å². The number of carbonyl (C=O) groups is 1. The van der Waals surface area contributed by atoms with Crippen LogP contribution in [-0.4, -0.2) is 15.5 Å². The summed E-state index contributed by atoms with van der Waals surface area (Å²) >= 11 is 0. The van der Waals surface area contributed by atoms with Crippen molar-refractivity contribution in [2.45, 2.75) is 21.6 Å². The van der Waals surface area contributed by atoms with Crippen LogP contribution in [-0.2, 0) is 18.5 Å². The van der Waals surface area contributed by atoms with Crippen LogP contribution in [0.5, 0.6) is 0 Å². The molecule has 0 radical (unpaired) electrons. The number of hydrogen-bond acceptors (Lipinski definition) is 4. The molecule has 7 heteroatoms.